The van der Waals surface area contributed by atoms with Crippen LogP contribution in [0.2, 0.25) is 0 Å². The molecule has 2 atom stereocenters. The molecule has 0 aliphatic heterocycles. The molecule has 0 saturated carbocycles. The molecule has 166 valence electrons. The van der Waals surface area contributed by atoms with E-state index in [1.165, 1.54) is 5.56 Å². The molecule has 0 spiro atoms. The Morgan fingerprint density at radius 1 is 1.06 bits per heavy atom. The van der Waals surface area contributed by atoms with Crippen LogP contribution < -0.4 is 10.1 Å². The van der Waals surface area contributed by atoms with Crippen molar-refractivity contribution in [3.8, 4) is 5.75 Å². The van der Waals surface area contributed by atoms with Gasteiger partial charge in [-0.3, -0.25) is 4.79 Å². The number of ether oxygens (including phenoxy) is 1. The van der Waals surface area contributed by atoms with Gasteiger partial charge in [0.2, 0.25) is 5.91 Å². The minimum Gasteiger partial charge on any atom is -0.494 e. The molecule has 3 aromatic rings. The summed E-state index contributed by atoms with van der Waals surface area (Å²) in [5, 5.41) is 3.04. The maximum Gasteiger partial charge on any atom is 0.220 e. The van der Waals surface area contributed by atoms with Gasteiger partial charge in [0.15, 0.2) is 0 Å². The first kappa shape index (κ1) is 22.9. The van der Waals surface area contributed by atoms with E-state index >= 15 is 0 Å². The van der Waals surface area contributed by atoms with E-state index in [0.29, 0.717) is 18.9 Å². The third kappa shape index (κ3) is 5.87. The molecule has 0 saturated heterocycles. The van der Waals surface area contributed by atoms with Crippen molar-refractivity contribution < 1.29 is 9.53 Å². The molecule has 1 aromatic heterocycles. The van der Waals surface area contributed by atoms with E-state index in [9.17, 15) is 4.79 Å². The monoisotopic (exact) mass is 421 g/mol. The predicted molar refractivity (Wildman–Crippen MR) is 126 cm³/mol. The van der Waals surface area contributed by atoms with E-state index in [-0.39, 0.29) is 11.9 Å². The number of rotatable bonds is 11. The summed E-state index contributed by atoms with van der Waals surface area (Å²) < 4.78 is 8.18. The van der Waals surface area contributed by atoms with Crippen LogP contribution in [0.5, 0.6) is 5.75 Å². The number of imidazole rings is 1. The molecule has 0 aliphatic carbocycles. The Kier molecular flexibility index (Phi) is 8.10. The van der Waals surface area contributed by atoms with Crippen molar-refractivity contribution in [1.29, 1.82) is 0 Å². The maximum atomic E-state index is 11.9. The number of fused-ring (bicyclic) bond motifs is 1. The molecule has 2 aromatic carbocycles. The average Bonchev–Trinajstić information content (AvgIpc) is 3.17. The highest BCUT2D eigenvalue weighted by atomic mass is 16.5. The molecular formula is C26H35N3O2. The molecule has 0 radical (unpaired) electrons. The molecule has 0 aliphatic rings. The predicted octanol–water partition coefficient (Wildman–Crippen LogP) is 6.00. The molecule has 3 rings (SSSR count). The number of carbonyl (C=O) groups is 1. The maximum absolute atomic E-state index is 11.9. The topological polar surface area (TPSA) is 56.2 Å². The Morgan fingerprint density at radius 3 is 2.52 bits per heavy atom. The average molecular weight is 422 g/mol. The van der Waals surface area contributed by atoms with Gasteiger partial charge in [0.1, 0.15) is 11.6 Å². The highest BCUT2D eigenvalue weighted by molar-refractivity contribution is 5.77. The standard InChI is InChI=1S/C26H35N3O2/c1-5-19(3)21-13-15-22(16-14-21)31-18-10-9-17-29-24-12-8-7-11-23(24)28-26(29)20(4)27-25(30)6-2/h7-8,11-16,19-20H,5-6,9-10,17-18H2,1-4H3,(H,27,30). The first-order chi connectivity index (χ1) is 15.0. The smallest absolute Gasteiger partial charge is 0.220 e. The third-order valence-corrected chi connectivity index (χ3v) is 5.88. The number of benzene rings is 2. The van der Waals surface area contributed by atoms with Crippen LogP contribution in [-0.2, 0) is 11.3 Å². The first-order valence-corrected chi connectivity index (χ1v) is 11.5. The van der Waals surface area contributed by atoms with Gasteiger partial charge in [0.25, 0.3) is 0 Å². The Hall–Kier alpha value is -2.82. The van der Waals surface area contributed by atoms with Gasteiger partial charge in [-0.2, -0.15) is 0 Å². The molecule has 1 N–H and O–H groups in total. The van der Waals surface area contributed by atoms with Crippen molar-refractivity contribution in [2.45, 2.75) is 71.9 Å². The number of hydrogen-bond acceptors (Lipinski definition) is 3. The van der Waals surface area contributed by atoms with Gasteiger partial charge in [-0.05, 0) is 61.9 Å². The fraction of sp³-hybridized carbons (Fsp3) is 0.462. The molecule has 2 unspecified atom stereocenters. The summed E-state index contributed by atoms with van der Waals surface area (Å²) in [6, 6.07) is 16.5. The number of nitrogens with one attached hydrogen (secondary N) is 1. The normalized spacial score (nSPS) is 13.2. The molecule has 1 heterocycles. The molecular weight excluding hydrogens is 386 g/mol. The van der Waals surface area contributed by atoms with Crippen molar-refractivity contribution >= 4 is 16.9 Å². The largest absolute Gasteiger partial charge is 0.494 e. The number of unbranched alkanes of at least 4 members (excludes halogenated alkanes) is 1. The van der Waals surface area contributed by atoms with Crippen LogP contribution in [-0.4, -0.2) is 22.1 Å². The van der Waals surface area contributed by atoms with E-state index in [1.54, 1.807) is 0 Å². The Balaban J connectivity index is 1.58. The van der Waals surface area contributed by atoms with Gasteiger partial charge in [-0.1, -0.05) is 45.0 Å². The summed E-state index contributed by atoms with van der Waals surface area (Å²) in [5.41, 5.74) is 3.43. The minimum absolute atomic E-state index is 0.0406. The lowest BCUT2D eigenvalue weighted by atomic mass is 9.99. The molecule has 0 bridgehead atoms. The summed E-state index contributed by atoms with van der Waals surface area (Å²) >= 11 is 0. The zero-order valence-corrected chi connectivity index (χ0v) is 19.2. The molecule has 0 fully saturated rings. The van der Waals surface area contributed by atoms with Crippen LogP contribution in [0.15, 0.2) is 48.5 Å². The lowest BCUT2D eigenvalue weighted by Crippen LogP contribution is -2.28. The zero-order valence-electron chi connectivity index (χ0n) is 19.2. The van der Waals surface area contributed by atoms with Crippen LogP contribution in [0.25, 0.3) is 11.0 Å². The van der Waals surface area contributed by atoms with Crippen molar-refractivity contribution in [1.82, 2.24) is 14.9 Å². The number of aryl methyl sites for hydroxylation is 1. The van der Waals surface area contributed by atoms with Crippen LogP contribution >= 0.6 is 0 Å². The highest BCUT2D eigenvalue weighted by Gasteiger charge is 2.17. The van der Waals surface area contributed by atoms with Gasteiger partial charge in [-0.15, -0.1) is 0 Å². The number of nitrogens with zero attached hydrogens (tertiary/aromatic N) is 2. The van der Waals surface area contributed by atoms with Crippen LogP contribution in [0, 0.1) is 0 Å². The number of para-hydroxylation sites is 2. The molecule has 5 heteroatoms. The van der Waals surface area contributed by atoms with Gasteiger partial charge < -0.3 is 14.6 Å². The van der Waals surface area contributed by atoms with Crippen molar-refractivity contribution in [2.24, 2.45) is 0 Å². The van der Waals surface area contributed by atoms with Gasteiger partial charge in [0.05, 0.1) is 23.7 Å². The van der Waals surface area contributed by atoms with E-state index in [2.05, 4.69) is 54.1 Å². The summed E-state index contributed by atoms with van der Waals surface area (Å²) in [6.07, 6.45) is 3.55. The number of carbonyl (C=O) groups excluding carboxylic acids is 1. The van der Waals surface area contributed by atoms with Crippen molar-refractivity contribution in [3.63, 3.8) is 0 Å². The van der Waals surface area contributed by atoms with E-state index in [4.69, 9.17) is 9.72 Å². The number of hydrogen-bond donors (Lipinski definition) is 1. The van der Waals surface area contributed by atoms with Crippen LogP contribution in [0.1, 0.15) is 76.7 Å². The van der Waals surface area contributed by atoms with Gasteiger partial charge >= 0.3 is 0 Å². The fourth-order valence-corrected chi connectivity index (χ4v) is 3.76. The van der Waals surface area contributed by atoms with Crippen LogP contribution in [0.4, 0.5) is 0 Å². The fourth-order valence-electron chi connectivity index (χ4n) is 3.76. The minimum atomic E-state index is -0.125. The zero-order chi connectivity index (χ0) is 22.2. The Morgan fingerprint density at radius 2 is 1.81 bits per heavy atom. The highest BCUT2D eigenvalue weighted by Crippen LogP contribution is 2.23. The summed E-state index contributed by atoms with van der Waals surface area (Å²) in [6.45, 7) is 9.85. The molecule has 1 amide bonds. The quantitative estimate of drug-likeness (QED) is 0.387. The van der Waals surface area contributed by atoms with Crippen molar-refractivity contribution in [3.05, 3.63) is 59.9 Å². The van der Waals surface area contributed by atoms with E-state index < -0.39 is 0 Å². The second-order valence-electron chi connectivity index (χ2n) is 8.19. The number of aromatic nitrogens is 2. The number of amides is 1. The Bertz CT molecular complexity index is 978. The summed E-state index contributed by atoms with van der Waals surface area (Å²) in [4.78, 5) is 16.7. The van der Waals surface area contributed by atoms with Gasteiger partial charge in [-0.25, -0.2) is 4.98 Å². The Labute approximate surface area is 185 Å². The van der Waals surface area contributed by atoms with Gasteiger partial charge in [0, 0.05) is 13.0 Å². The van der Waals surface area contributed by atoms with E-state index in [0.717, 1.165) is 48.4 Å². The molecule has 31 heavy (non-hydrogen) atoms. The second kappa shape index (κ2) is 11.0. The summed E-state index contributed by atoms with van der Waals surface area (Å²) in [5.74, 6) is 2.46. The lowest BCUT2D eigenvalue weighted by molar-refractivity contribution is -0.121. The van der Waals surface area contributed by atoms with Crippen LogP contribution in [0.3, 0.4) is 0 Å². The first-order valence-electron chi connectivity index (χ1n) is 11.5. The SMILES string of the molecule is CCC(=O)NC(C)c1nc2ccccc2n1CCCCOc1ccc(C(C)CC)cc1. The summed E-state index contributed by atoms with van der Waals surface area (Å²) in [7, 11) is 0. The van der Waals surface area contributed by atoms with E-state index in [1.807, 2.05) is 32.0 Å². The molecule has 5 nitrogen and oxygen atoms in total. The van der Waals surface area contributed by atoms with Crippen molar-refractivity contribution in [2.75, 3.05) is 6.61 Å². The third-order valence-electron chi connectivity index (χ3n) is 5.88. The second-order valence-corrected chi connectivity index (χ2v) is 8.19. The lowest BCUT2D eigenvalue weighted by Gasteiger charge is -2.16.